The number of aliphatic hydroxyl groups is 1. The van der Waals surface area contributed by atoms with Crippen LogP contribution in [-0.2, 0) is 19.8 Å². The smallest absolute Gasteiger partial charge is 0.123 e. The predicted molar refractivity (Wildman–Crippen MR) is 101 cm³/mol. The van der Waals surface area contributed by atoms with Crippen molar-refractivity contribution in [2.45, 2.75) is 19.8 Å². The van der Waals surface area contributed by atoms with E-state index in [2.05, 4.69) is 0 Å². The van der Waals surface area contributed by atoms with E-state index in [0.717, 1.165) is 0 Å². The molecule has 0 aromatic heterocycles. The van der Waals surface area contributed by atoms with E-state index in [0.29, 0.717) is 28.2 Å². The summed E-state index contributed by atoms with van der Waals surface area (Å²) < 4.78 is 11.4. The van der Waals surface area contributed by atoms with Gasteiger partial charge in [-0.25, -0.2) is 0 Å². The molecule has 0 fully saturated rings. The van der Waals surface area contributed by atoms with E-state index in [1.807, 2.05) is 0 Å². The van der Waals surface area contributed by atoms with Crippen LogP contribution in [0.4, 0.5) is 0 Å². The average Bonchev–Trinajstić information content (AvgIpc) is 2.63. The summed E-state index contributed by atoms with van der Waals surface area (Å²) >= 11 is 0. The average molecular weight is 384 g/mol. The Morgan fingerprint density at radius 2 is 0.893 bits per heavy atom. The topological polar surface area (TPSA) is 120 Å². The van der Waals surface area contributed by atoms with Crippen molar-refractivity contribution in [3.63, 3.8) is 0 Å². The lowest BCUT2D eigenvalue weighted by Gasteiger charge is -2.12. The van der Waals surface area contributed by atoms with E-state index in [1.165, 1.54) is 36.4 Å². The molecule has 0 aliphatic heterocycles. The van der Waals surface area contributed by atoms with Crippen molar-refractivity contribution in [1.82, 2.24) is 0 Å². The number of hydrogen-bond acceptors (Lipinski definition) is 7. The fourth-order valence-corrected chi connectivity index (χ4v) is 2.70. The van der Waals surface area contributed by atoms with Gasteiger partial charge in [-0.15, -0.1) is 0 Å². The molecule has 0 atom stereocenters. The predicted octanol–water partition coefficient (Wildman–Crippen LogP) is 3.16. The molecular weight excluding hydrogens is 364 g/mol. The molecule has 0 saturated carbocycles. The van der Waals surface area contributed by atoms with Gasteiger partial charge in [0.05, 0.1) is 6.61 Å². The molecule has 0 heterocycles. The van der Waals surface area contributed by atoms with E-state index >= 15 is 0 Å². The normalized spacial score (nSPS) is 10.6. The zero-order valence-electron chi connectivity index (χ0n) is 14.9. The fraction of sp³-hybridized carbons (Fsp3) is 0.143. The van der Waals surface area contributed by atoms with Gasteiger partial charge in [-0.3, -0.25) is 0 Å². The third-order valence-electron chi connectivity index (χ3n) is 3.86. The minimum Gasteiger partial charge on any atom is -0.508 e. The Balaban J connectivity index is 1.72. The first-order valence-corrected chi connectivity index (χ1v) is 8.45. The lowest BCUT2D eigenvalue weighted by molar-refractivity contribution is 0.270. The molecular formula is C21H20O7. The summed E-state index contributed by atoms with van der Waals surface area (Å²) in [7, 11) is 0. The molecule has 7 nitrogen and oxygen atoms in total. The summed E-state index contributed by atoms with van der Waals surface area (Å²) in [4.78, 5) is 0. The molecule has 0 unspecified atom stereocenters. The fourth-order valence-electron chi connectivity index (χ4n) is 2.70. The second-order valence-corrected chi connectivity index (χ2v) is 6.26. The summed E-state index contributed by atoms with van der Waals surface area (Å²) in [6, 6.07) is 13.3. The molecule has 0 radical (unpaired) electrons. The van der Waals surface area contributed by atoms with E-state index in [9.17, 15) is 25.5 Å². The van der Waals surface area contributed by atoms with Gasteiger partial charge in [0.1, 0.15) is 47.7 Å². The van der Waals surface area contributed by atoms with Crippen LogP contribution >= 0.6 is 0 Å². The van der Waals surface area contributed by atoms with Gasteiger partial charge in [-0.1, -0.05) is 0 Å². The molecule has 0 bridgehead atoms. The third kappa shape index (κ3) is 5.21. The first kappa shape index (κ1) is 19.2. The zero-order valence-corrected chi connectivity index (χ0v) is 14.9. The lowest BCUT2D eigenvalue weighted by atomic mass is 10.2. The molecule has 3 aromatic carbocycles. The van der Waals surface area contributed by atoms with Crippen LogP contribution < -0.4 is 9.47 Å². The summed E-state index contributed by atoms with van der Waals surface area (Å²) in [6.45, 7) is -0.0270. The largest absolute Gasteiger partial charge is 0.508 e. The third-order valence-corrected chi connectivity index (χ3v) is 3.86. The molecule has 5 N–H and O–H groups in total. The number of hydrogen-bond donors (Lipinski definition) is 5. The molecule has 3 rings (SSSR count). The van der Waals surface area contributed by atoms with Crippen molar-refractivity contribution in [3.05, 3.63) is 71.3 Å². The second kappa shape index (κ2) is 8.41. The number of benzene rings is 3. The number of rotatable bonds is 7. The SMILES string of the molecule is OCc1cc(OCc2cc(O)cc(O)c2)cc(OCc2cc(O)cc(O)c2)c1. The van der Waals surface area contributed by atoms with Crippen molar-refractivity contribution in [3.8, 4) is 34.5 Å². The van der Waals surface area contributed by atoms with Gasteiger partial charge in [0, 0.05) is 18.2 Å². The van der Waals surface area contributed by atoms with Crippen molar-refractivity contribution in [2.75, 3.05) is 0 Å². The van der Waals surface area contributed by atoms with Crippen LogP contribution in [0.3, 0.4) is 0 Å². The summed E-state index contributed by atoms with van der Waals surface area (Å²) in [5, 5.41) is 47.6. The van der Waals surface area contributed by atoms with E-state index in [-0.39, 0.29) is 42.8 Å². The van der Waals surface area contributed by atoms with Crippen LogP contribution in [0.25, 0.3) is 0 Å². The van der Waals surface area contributed by atoms with Crippen LogP contribution in [0.2, 0.25) is 0 Å². The van der Waals surface area contributed by atoms with Crippen LogP contribution in [0.1, 0.15) is 16.7 Å². The summed E-state index contributed by atoms with van der Waals surface area (Å²) in [5.74, 6) is 0.593. The van der Waals surface area contributed by atoms with Crippen LogP contribution in [0, 0.1) is 0 Å². The Labute approximate surface area is 161 Å². The Bertz CT molecular complexity index is 855. The highest BCUT2D eigenvalue weighted by Crippen LogP contribution is 2.27. The van der Waals surface area contributed by atoms with Crippen molar-refractivity contribution >= 4 is 0 Å². The monoisotopic (exact) mass is 384 g/mol. The van der Waals surface area contributed by atoms with Crippen molar-refractivity contribution in [2.24, 2.45) is 0 Å². The highest BCUT2D eigenvalue weighted by Gasteiger charge is 2.07. The van der Waals surface area contributed by atoms with Gasteiger partial charge in [-0.2, -0.15) is 0 Å². The highest BCUT2D eigenvalue weighted by molar-refractivity contribution is 5.40. The first-order chi connectivity index (χ1) is 13.4. The molecule has 0 saturated heterocycles. The van der Waals surface area contributed by atoms with Gasteiger partial charge < -0.3 is 35.0 Å². The maximum Gasteiger partial charge on any atom is 0.123 e. The molecule has 28 heavy (non-hydrogen) atoms. The van der Waals surface area contributed by atoms with E-state index in [1.54, 1.807) is 18.2 Å². The van der Waals surface area contributed by atoms with Gasteiger partial charge in [0.2, 0.25) is 0 Å². The number of aromatic hydroxyl groups is 4. The highest BCUT2D eigenvalue weighted by atomic mass is 16.5. The quantitative estimate of drug-likeness (QED) is 0.424. The molecule has 0 aliphatic rings. The number of ether oxygens (including phenoxy) is 2. The van der Waals surface area contributed by atoms with Gasteiger partial charge >= 0.3 is 0 Å². The van der Waals surface area contributed by atoms with Gasteiger partial charge in [-0.05, 0) is 53.1 Å². The number of phenolic OH excluding ortho intramolecular Hbond substituents is 4. The molecule has 3 aromatic rings. The van der Waals surface area contributed by atoms with Crippen LogP contribution in [-0.4, -0.2) is 25.5 Å². The van der Waals surface area contributed by atoms with Crippen LogP contribution in [0.15, 0.2) is 54.6 Å². The van der Waals surface area contributed by atoms with E-state index < -0.39 is 0 Å². The maximum absolute atomic E-state index is 9.53. The Hall–Kier alpha value is -3.58. The van der Waals surface area contributed by atoms with Gasteiger partial charge in [0.15, 0.2) is 0 Å². The molecule has 0 amide bonds. The first-order valence-electron chi connectivity index (χ1n) is 8.45. The standard InChI is InChI=1S/C21H20O7/c22-10-13-5-20(27-11-14-1-16(23)7-17(24)2-14)9-21(6-13)28-12-15-3-18(25)8-19(26)4-15/h1-9,22-26H,10-12H2. The van der Waals surface area contributed by atoms with Crippen molar-refractivity contribution in [1.29, 1.82) is 0 Å². The molecule has 7 heteroatoms. The summed E-state index contributed by atoms with van der Waals surface area (Å²) in [5.41, 5.74) is 1.72. The lowest BCUT2D eigenvalue weighted by Crippen LogP contribution is -1.99. The van der Waals surface area contributed by atoms with Crippen molar-refractivity contribution < 1.29 is 35.0 Å². The van der Waals surface area contributed by atoms with Crippen LogP contribution in [0.5, 0.6) is 34.5 Å². The summed E-state index contributed by atoms with van der Waals surface area (Å²) in [6.07, 6.45) is 0. The minimum atomic E-state index is -0.215. The Morgan fingerprint density at radius 3 is 1.25 bits per heavy atom. The molecule has 0 spiro atoms. The van der Waals surface area contributed by atoms with Gasteiger partial charge in [0.25, 0.3) is 0 Å². The number of phenols is 4. The Morgan fingerprint density at radius 1 is 0.500 bits per heavy atom. The molecule has 146 valence electrons. The van der Waals surface area contributed by atoms with E-state index in [4.69, 9.17) is 9.47 Å². The second-order valence-electron chi connectivity index (χ2n) is 6.26. The number of aliphatic hydroxyl groups excluding tert-OH is 1. The Kier molecular flexibility index (Phi) is 5.76. The maximum atomic E-state index is 9.53. The molecule has 0 aliphatic carbocycles. The minimum absolute atomic E-state index is 0.0684. The zero-order chi connectivity index (χ0) is 20.1.